The zero-order chi connectivity index (χ0) is 8.27. The molecule has 0 spiro atoms. The highest BCUT2D eigenvalue weighted by Crippen LogP contribution is 2.04. The quantitative estimate of drug-likeness (QED) is 0.460. The van der Waals surface area contributed by atoms with E-state index >= 15 is 0 Å². The number of benzene rings is 1. The monoisotopic (exact) mass is 145 g/mol. The van der Waals surface area contributed by atoms with Crippen LogP contribution in [0.2, 0.25) is 0 Å². The largest absolute Gasteiger partial charge is 0.289 e. The third-order valence-corrected chi connectivity index (χ3v) is 1.34. The fraction of sp³-hybridized carbons (Fsp3) is 0.100. The van der Waals surface area contributed by atoms with Gasteiger partial charge in [-0.3, -0.25) is 4.79 Å². The fourth-order valence-electron chi connectivity index (χ4n) is 0.764. The zero-order valence-corrected chi connectivity index (χ0v) is 6.42. The lowest BCUT2D eigenvalue weighted by Gasteiger charge is -1.96. The number of carbonyl (C=O) groups excluding carboxylic acids is 1. The standard InChI is InChI=1S/C10H9O/c1-8(2)10(11)9-6-4-3-5-7-9/h3-6H,1H2,2H3. The minimum absolute atomic E-state index is 0.0365. The number of hydrogen-bond acceptors (Lipinski definition) is 1. The lowest BCUT2D eigenvalue weighted by molar-refractivity contribution is 0.103. The third-order valence-electron chi connectivity index (χ3n) is 1.34. The SMILES string of the molecule is C=C(C)C(=O)c1[c]cccc1. The van der Waals surface area contributed by atoms with Gasteiger partial charge >= 0.3 is 0 Å². The van der Waals surface area contributed by atoms with E-state index in [-0.39, 0.29) is 5.78 Å². The Balaban J connectivity index is 2.95. The summed E-state index contributed by atoms with van der Waals surface area (Å²) in [6, 6.07) is 9.93. The molecule has 0 aliphatic carbocycles. The van der Waals surface area contributed by atoms with Crippen LogP contribution in [0.4, 0.5) is 0 Å². The Labute approximate surface area is 66.4 Å². The molecule has 11 heavy (non-hydrogen) atoms. The maximum atomic E-state index is 11.2. The first-order valence-corrected chi connectivity index (χ1v) is 3.39. The van der Waals surface area contributed by atoms with Gasteiger partial charge in [-0.15, -0.1) is 0 Å². The van der Waals surface area contributed by atoms with Crippen molar-refractivity contribution in [2.75, 3.05) is 0 Å². The maximum Gasteiger partial charge on any atom is 0.188 e. The summed E-state index contributed by atoms with van der Waals surface area (Å²) in [7, 11) is 0. The molecule has 0 bridgehead atoms. The normalized spacial score (nSPS) is 9.18. The number of Topliss-reactive ketones (excluding diaryl/α,β-unsaturated/α-hetero) is 1. The van der Waals surface area contributed by atoms with E-state index in [9.17, 15) is 4.79 Å². The van der Waals surface area contributed by atoms with Crippen molar-refractivity contribution in [3.05, 3.63) is 48.0 Å². The summed E-state index contributed by atoms with van der Waals surface area (Å²) in [5.41, 5.74) is 1.13. The molecule has 1 nitrogen and oxygen atoms in total. The second kappa shape index (κ2) is 3.15. The highest BCUT2D eigenvalue weighted by atomic mass is 16.1. The van der Waals surface area contributed by atoms with Gasteiger partial charge in [0.2, 0.25) is 0 Å². The molecule has 0 saturated carbocycles. The molecular weight excluding hydrogens is 136 g/mol. The summed E-state index contributed by atoms with van der Waals surface area (Å²) < 4.78 is 0. The average molecular weight is 145 g/mol. The van der Waals surface area contributed by atoms with E-state index in [1.807, 2.05) is 12.1 Å². The molecule has 1 heteroatoms. The van der Waals surface area contributed by atoms with Gasteiger partial charge in [-0.25, -0.2) is 0 Å². The molecule has 0 aromatic heterocycles. The molecule has 1 radical (unpaired) electrons. The molecule has 1 aromatic carbocycles. The number of ketones is 1. The highest BCUT2D eigenvalue weighted by molar-refractivity contribution is 6.07. The molecule has 0 aliphatic rings. The average Bonchev–Trinajstić information content (AvgIpc) is 2.05. The Bertz CT molecular complexity index is 272. The van der Waals surface area contributed by atoms with Crippen molar-refractivity contribution in [1.82, 2.24) is 0 Å². The molecule has 0 heterocycles. The van der Waals surface area contributed by atoms with E-state index in [1.165, 1.54) is 0 Å². The maximum absolute atomic E-state index is 11.2. The lowest BCUT2D eigenvalue weighted by atomic mass is 10.1. The van der Waals surface area contributed by atoms with Crippen LogP contribution in [0.5, 0.6) is 0 Å². The molecule has 0 aliphatic heterocycles. The van der Waals surface area contributed by atoms with E-state index in [1.54, 1.807) is 19.1 Å². The molecule has 0 unspecified atom stereocenters. The van der Waals surface area contributed by atoms with Gasteiger partial charge in [0.1, 0.15) is 0 Å². The van der Waals surface area contributed by atoms with Crippen LogP contribution in [0.15, 0.2) is 36.4 Å². The molecule has 0 fully saturated rings. The fourth-order valence-corrected chi connectivity index (χ4v) is 0.764. The molecule has 1 rings (SSSR count). The summed E-state index contributed by atoms with van der Waals surface area (Å²) in [6.45, 7) is 5.26. The van der Waals surface area contributed by atoms with Crippen LogP contribution in [-0.2, 0) is 0 Å². The molecule has 55 valence electrons. The topological polar surface area (TPSA) is 17.1 Å². The van der Waals surface area contributed by atoms with Crippen molar-refractivity contribution in [3.63, 3.8) is 0 Å². The van der Waals surface area contributed by atoms with Crippen LogP contribution < -0.4 is 0 Å². The minimum atomic E-state index is -0.0365. The number of carbonyl (C=O) groups is 1. The smallest absolute Gasteiger partial charge is 0.188 e. The van der Waals surface area contributed by atoms with Gasteiger partial charge < -0.3 is 0 Å². The third kappa shape index (κ3) is 1.77. The van der Waals surface area contributed by atoms with E-state index in [0.29, 0.717) is 11.1 Å². The Morgan fingerprint density at radius 1 is 1.55 bits per heavy atom. The van der Waals surface area contributed by atoms with E-state index in [4.69, 9.17) is 0 Å². The molecule has 0 amide bonds. The van der Waals surface area contributed by atoms with E-state index in [2.05, 4.69) is 12.6 Å². The van der Waals surface area contributed by atoms with Gasteiger partial charge in [0, 0.05) is 5.56 Å². The van der Waals surface area contributed by atoms with Crippen molar-refractivity contribution >= 4 is 5.78 Å². The summed E-state index contributed by atoms with van der Waals surface area (Å²) in [4.78, 5) is 11.2. The van der Waals surface area contributed by atoms with Crippen LogP contribution in [0.25, 0.3) is 0 Å². The van der Waals surface area contributed by atoms with Crippen LogP contribution in [0.1, 0.15) is 17.3 Å². The van der Waals surface area contributed by atoms with Crippen LogP contribution in [0, 0.1) is 6.07 Å². The van der Waals surface area contributed by atoms with Gasteiger partial charge in [0.15, 0.2) is 5.78 Å². The Morgan fingerprint density at radius 2 is 2.27 bits per heavy atom. The lowest BCUT2D eigenvalue weighted by Crippen LogP contribution is -1.98. The number of allylic oxidation sites excluding steroid dienone is 1. The van der Waals surface area contributed by atoms with E-state index in [0.717, 1.165) is 0 Å². The second-order valence-corrected chi connectivity index (χ2v) is 2.39. The molecule has 1 aromatic rings. The first-order chi connectivity index (χ1) is 5.22. The van der Waals surface area contributed by atoms with Crippen LogP contribution in [0.3, 0.4) is 0 Å². The zero-order valence-electron chi connectivity index (χ0n) is 6.42. The Kier molecular flexibility index (Phi) is 2.21. The Morgan fingerprint density at radius 3 is 2.73 bits per heavy atom. The summed E-state index contributed by atoms with van der Waals surface area (Å²) in [6.07, 6.45) is 0. The van der Waals surface area contributed by atoms with Crippen LogP contribution in [-0.4, -0.2) is 5.78 Å². The number of rotatable bonds is 2. The minimum Gasteiger partial charge on any atom is -0.289 e. The van der Waals surface area contributed by atoms with Crippen LogP contribution >= 0.6 is 0 Å². The molecule has 0 saturated heterocycles. The predicted octanol–water partition coefficient (Wildman–Crippen LogP) is 2.25. The summed E-state index contributed by atoms with van der Waals surface area (Å²) in [5.74, 6) is -0.0365. The number of hydrogen-bond donors (Lipinski definition) is 0. The van der Waals surface area contributed by atoms with Crippen molar-refractivity contribution in [1.29, 1.82) is 0 Å². The predicted molar refractivity (Wildman–Crippen MR) is 44.4 cm³/mol. The second-order valence-electron chi connectivity index (χ2n) is 2.39. The van der Waals surface area contributed by atoms with Gasteiger partial charge in [0.05, 0.1) is 0 Å². The first-order valence-electron chi connectivity index (χ1n) is 3.39. The van der Waals surface area contributed by atoms with Crippen molar-refractivity contribution in [3.8, 4) is 0 Å². The molecular formula is C10H9O. The first kappa shape index (κ1) is 7.73. The molecule has 0 atom stereocenters. The molecule has 0 N–H and O–H groups in total. The summed E-state index contributed by atoms with van der Waals surface area (Å²) >= 11 is 0. The summed E-state index contributed by atoms with van der Waals surface area (Å²) in [5, 5.41) is 0. The van der Waals surface area contributed by atoms with Gasteiger partial charge in [0.25, 0.3) is 0 Å². The van der Waals surface area contributed by atoms with Gasteiger partial charge in [-0.2, -0.15) is 0 Å². The van der Waals surface area contributed by atoms with Crippen molar-refractivity contribution in [2.45, 2.75) is 6.92 Å². The van der Waals surface area contributed by atoms with Gasteiger partial charge in [-0.1, -0.05) is 30.8 Å². The highest BCUT2D eigenvalue weighted by Gasteiger charge is 2.03. The van der Waals surface area contributed by atoms with E-state index < -0.39 is 0 Å². The Hall–Kier alpha value is -1.37. The van der Waals surface area contributed by atoms with Gasteiger partial charge in [-0.05, 0) is 18.6 Å². The van der Waals surface area contributed by atoms with Crippen molar-refractivity contribution in [2.24, 2.45) is 0 Å². The van der Waals surface area contributed by atoms with Crippen molar-refractivity contribution < 1.29 is 4.79 Å².